The van der Waals surface area contributed by atoms with Gasteiger partial charge in [0.1, 0.15) is 0 Å². The number of aromatic nitrogens is 4. The Labute approximate surface area is 108 Å². The Morgan fingerprint density at radius 1 is 1.33 bits per heavy atom. The summed E-state index contributed by atoms with van der Waals surface area (Å²) in [5.41, 5.74) is 3.50. The lowest BCUT2D eigenvalue weighted by atomic mass is 10.1. The first kappa shape index (κ1) is 12.8. The molecule has 18 heavy (non-hydrogen) atoms. The number of rotatable bonds is 5. The second kappa shape index (κ2) is 5.35. The molecule has 0 saturated heterocycles. The molecule has 0 aliphatic heterocycles. The summed E-state index contributed by atoms with van der Waals surface area (Å²) in [7, 11) is 3.97. The van der Waals surface area contributed by atoms with Crippen LogP contribution in [0.2, 0.25) is 0 Å². The van der Waals surface area contributed by atoms with Gasteiger partial charge >= 0.3 is 0 Å². The molecule has 2 aromatic rings. The van der Waals surface area contributed by atoms with E-state index in [0.29, 0.717) is 0 Å². The summed E-state index contributed by atoms with van der Waals surface area (Å²) in [4.78, 5) is 0. The fraction of sp³-hybridized carbons (Fsp3) is 0.538. The van der Waals surface area contributed by atoms with Gasteiger partial charge in [0.05, 0.1) is 17.4 Å². The molecular weight excluding hydrogens is 226 g/mol. The molecule has 0 radical (unpaired) electrons. The molecule has 1 N–H and O–H groups in total. The van der Waals surface area contributed by atoms with Crippen molar-refractivity contribution >= 4 is 0 Å². The first-order valence-electron chi connectivity index (χ1n) is 6.32. The Morgan fingerprint density at radius 2 is 2.11 bits per heavy atom. The molecular formula is C13H21N5. The summed E-state index contributed by atoms with van der Waals surface area (Å²) in [6.07, 6.45) is 2.76. The van der Waals surface area contributed by atoms with E-state index in [1.807, 2.05) is 36.6 Å². The SMILES string of the molecule is CCNC(Cc1cc(C)nn1C)c1ccnn1C. The zero-order valence-corrected chi connectivity index (χ0v) is 11.5. The lowest BCUT2D eigenvalue weighted by Crippen LogP contribution is -2.25. The van der Waals surface area contributed by atoms with Gasteiger partial charge in [0.2, 0.25) is 0 Å². The van der Waals surface area contributed by atoms with Crippen LogP contribution in [-0.2, 0) is 20.5 Å². The van der Waals surface area contributed by atoms with Gasteiger partial charge in [0.15, 0.2) is 0 Å². The van der Waals surface area contributed by atoms with Crippen LogP contribution in [0.15, 0.2) is 18.3 Å². The second-order valence-corrected chi connectivity index (χ2v) is 4.59. The van der Waals surface area contributed by atoms with E-state index in [2.05, 4.69) is 34.6 Å². The van der Waals surface area contributed by atoms with Crippen molar-refractivity contribution < 1.29 is 0 Å². The van der Waals surface area contributed by atoms with Crippen LogP contribution in [0.5, 0.6) is 0 Å². The van der Waals surface area contributed by atoms with E-state index in [-0.39, 0.29) is 6.04 Å². The van der Waals surface area contributed by atoms with Crippen molar-refractivity contribution in [3.63, 3.8) is 0 Å². The van der Waals surface area contributed by atoms with Crippen molar-refractivity contribution in [2.75, 3.05) is 6.54 Å². The van der Waals surface area contributed by atoms with Gasteiger partial charge in [0.25, 0.3) is 0 Å². The summed E-state index contributed by atoms with van der Waals surface area (Å²) in [5.74, 6) is 0. The molecule has 0 aliphatic rings. The molecule has 0 fully saturated rings. The summed E-state index contributed by atoms with van der Waals surface area (Å²) in [5, 5.41) is 12.1. The minimum atomic E-state index is 0.275. The van der Waals surface area contributed by atoms with Gasteiger partial charge in [-0.05, 0) is 25.6 Å². The molecule has 0 saturated carbocycles. The summed E-state index contributed by atoms with van der Waals surface area (Å²) >= 11 is 0. The minimum absolute atomic E-state index is 0.275. The maximum atomic E-state index is 4.39. The Balaban J connectivity index is 2.22. The van der Waals surface area contributed by atoms with Crippen molar-refractivity contribution in [3.05, 3.63) is 35.4 Å². The predicted molar refractivity (Wildman–Crippen MR) is 71.3 cm³/mol. The van der Waals surface area contributed by atoms with Crippen molar-refractivity contribution in [3.8, 4) is 0 Å². The monoisotopic (exact) mass is 247 g/mol. The highest BCUT2D eigenvalue weighted by atomic mass is 15.3. The van der Waals surface area contributed by atoms with Crippen molar-refractivity contribution in [1.29, 1.82) is 0 Å². The molecule has 0 bridgehead atoms. The maximum Gasteiger partial charge on any atom is 0.0596 e. The number of hydrogen-bond donors (Lipinski definition) is 1. The first-order chi connectivity index (χ1) is 8.61. The van der Waals surface area contributed by atoms with Crippen LogP contribution in [-0.4, -0.2) is 26.1 Å². The Bertz CT molecular complexity index is 511. The molecule has 5 heteroatoms. The van der Waals surface area contributed by atoms with Gasteiger partial charge in [-0.1, -0.05) is 6.92 Å². The third-order valence-corrected chi connectivity index (χ3v) is 3.18. The van der Waals surface area contributed by atoms with Gasteiger partial charge in [-0.2, -0.15) is 10.2 Å². The number of nitrogens with one attached hydrogen (secondary N) is 1. The zero-order chi connectivity index (χ0) is 13.1. The standard InChI is InChI=1S/C13H21N5/c1-5-14-12(13-6-7-15-18(13)4)9-11-8-10(2)16-17(11)3/h6-8,12,14H,5,9H2,1-4H3. The van der Waals surface area contributed by atoms with Crippen LogP contribution in [0.1, 0.15) is 30.0 Å². The van der Waals surface area contributed by atoms with Gasteiger partial charge < -0.3 is 5.32 Å². The molecule has 0 aliphatic carbocycles. The molecule has 2 rings (SSSR count). The summed E-state index contributed by atoms with van der Waals surface area (Å²) in [6, 6.07) is 4.48. The number of nitrogens with zero attached hydrogens (tertiary/aromatic N) is 4. The zero-order valence-electron chi connectivity index (χ0n) is 11.5. The minimum Gasteiger partial charge on any atom is -0.309 e. The molecule has 1 unspecified atom stereocenters. The molecule has 2 aromatic heterocycles. The third kappa shape index (κ3) is 2.61. The number of likely N-dealkylation sites (N-methyl/N-ethyl adjacent to an activating group) is 1. The van der Waals surface area contributed by atoms with Crippen LogP contribution < -0.4 is 5.32 Å². The molecule has 98 valence electrons. The van der Waals surface area contributed by atoms with E-state index in [9.17, 15) is 0 Å². The van der Waals surface area contributed by atoms with E-state index in [1.54, 1.807) is 0 Å². The fourth-order valence-electron chi connectivity index (χ4n) is 2.32. The van der Waals surface area contributed by atoms with Crippen LogP contribution >= 0.6 is 0 Å². The van der Waals surface area contributed by atoms with Crippen molar-refractivity contribution in [2.24, 2.45) is 14.1 Å². The smallest absolute Gasteiger partial charge is 0.0596 e. The lowest BCUT2D eigenvalue weighted by molar-refractivity contribution is 0.493. The van der Waals surface area contributed by atoms with Crippen molar-refractivity contribution in [1.82, 2.24) is 24.9 Å². The van der Waals surface area contributed by atoms with Crippen LogP contribution in [0, 0.1) is 6.92 Å². The van der Waals surface area contributed by atoms with Crippen molar-refractivity contribution in [2.45, 2.75) is 26.3 Å². The molecule has 1 atom stereocenters. The normalized spacial score (nSPS) is 12.9. The summed E-state index contributed by atoms with van der Waals surface area (Å²) < 4.78 is 3.88. The molecule has 0 spiro atoms. The molecule has 0 amide bonds. The lowest BCUT2D eigenvalue weighted by Gasteiger charge is -2.18. The van der Waals surface area contributed by atoms with E-state index < -0.39 is 0 Å². The van der Waals surface area contributed by atoms with Gasteiger partial charge in [0, 0.05) is 32.4 Å². The van der Waals surface area contributed by atoms with Crippen LogP contribution in [0.25, 0.3) is 0 Å². The molecule has 0 aromatic carbocycles. The first-order valence-corrected chi connectivity index (χ1v) is 6.32. The average molecular weight is 247 g/mol. The topological polar surface area (TPSA) is 47.7 Å². The van der Waals surface area contributed by atoms with E-state index in [4.69, 9.17) is 0 Å². The van der Waals surface area contributed by atoms with Gasteiger partial charge in [-0.15, -0.1) is 0 Å². The molecule has 2 heterocycles. The Kier molecular flexibility index (Phi) is 3.81. The maximum absolute atomic E-state index is 4.39. The van der Waals surface area contributed by atoms with E-state index in [0.717, 1.165) is 18.7 Å². The van der Waals surface area contributed by atoms with Crippen LogP contribution in [0.4, 0.5) is 0 Å². The Hall–Kier alpha value is -1.62. The highest BCUT2D eigenvalue weighted by Gasteiger charge is 2.16. The Morgan fingerprint density at radius 3 is 2.61 bits per heavy atom. The fourth-order valence-corrected chi connectivity index (χ4v) is 2.32. The highest BCUT2D eigenvalue weighted by Crippen LogP contribution is 2.18. The largest absolute Gasteiger partial charge is 0.309 e. The van der Waals surface area contributed by atoms with Gasteiger partial charge in [-0.25, -0.2) is 0 Å². The van der Waals surface area contributed by atoms with Crippen LogP contribution in [0.3, 0.4) is 0 Å². The quantitative estimate of drug-likeness (QED) is 0.867. The number of aryl methyl sites for hydroxylation is 3. The van der Waals surface area contributed by atoms with Gasteiger partial charge in [-0.3, -0.25) is 9.36 Å². The number of hydrogen-bond acceptors (Lipinski definition) is 3. The van der Waals surface area contributed by atoms with E-state index in [1.165, 1.54) is 11.4 Å². The average Bonchev–Trinajstić information content (AvgIpc) is 2.85. The third-order valence-electron chi connectivity index (χ3n) is 3.18. The predicted octanol–water partition coefficient (Wildman–Crippen LogP) is 1.36. The molecule has 5 nitrogen and oxygen atoms in total. The summed E-state index contributed by atoms with van der Waals surface area (Å²) in [6.45, 7) is 5.08. The second-order valence-electron chi connectivity index (χ2n) is 4.59. The highest BCUT2D eigenvalue weighted by molar-refractivity contribution is 5.15. The van der Waals surface area contributed by atoms with E-state index >= 15 is 0 Å².